The summed E-state index contributed by atoms with van der Waals surface area (Å²) < 4.78 is 20.9. The minimum atomic E-state index is -0.128. The summed E-state index contributed by atoms with van der Waals surface area (Å²) in [6.07, 6.45) is 12.5. The van der Waals surface area contributed by atoms with Gasteiger partial charge in [0.2, 0.25) is 0 Å². The summed E-state index contributed by atoms with van der Waals surface area (Å²) in [5.74, 6) is 1.38. The number of halogens is 2. The molecule has 0 unspecified atom stereocenters. The zero-order chi connectivity index (χ0) is 25.2. The summed E-state index contributed by atoms with van der Waals surface area (Å²) in [6.45, 7) is 2.93. The Morgan fingerprint density at radius 1 is 0.778 bits per heavy atom. The van der Waals surface area contributed by atoms with E-state index in [9.17, 15) is 0 Å². The van der Waals surface area contributed by atoms with Gasteiger partial charge in [0.25, 0.3) is 0 Å². The van der Waals surface area contributed by atoms with E-state index >= 15 is 4.39 Å². The maximum Gasteiger partial charge on any atom is 0.155 e. The molecule has 0 amide bonds. The minimum Gasteiger partial charge on any atom is -0.490 e. The van der Waals surface area contributed by atoms with Crippen molar-refractivity contribution in [2.45, 2.75) is 64.7 Å². The molecular formula is C31H34ClFN2O. The Labute approximate surface area is 218 Å². The average Bonchev–Trinajstić information content (AvgIpc) is 2.90. The largest absolute Gasteiger partial charge is 0.490 e. The number of benzene rings is 3. The second-order valence-corrected chi connectivity index (χ2v) is 9.75. The Kier molecular flexibility index (Phi) is 9.68. The van der Waals surface area contributed by atoms with Crippen molar-refractivity contribution in [3.63, 3.8) is 0 Å². The summed E-state index contributed by atoms with van der Waals surface area (Å²) in [7, 11) is 0. The SMILES string of the molecule is CCCCCCCOc1cnc(CCc2ccc3c(F)c(CCc4ccc(Cl)cc4)ccc3c2)nc1. The second-order valence-electron chi connectivity index (χ2n) is 9.32. The summed E-state index contributed by atoms with van der Waals surface area (Å²) in [4.78, 5) is 8.91. The third-order valence-corrected chi connectivity index (χ3v) is 6.78. The topological polar surface area (TPSA) is 35.0 Å². The molecule has 0 spiro atoms. The lowest BCUT2D eigenvalue weighted by Crippen LogP contribution is -2.02. The molecule has 5 heteroatoms. The van der Waals surface area contributed by atoms with Gasteiger partial charge in [-0.2, -0.15) is 0 Å². The van der Waals surface area contributed by atoms with Crippen molar-refractivity contribution in [3.05, 3.63) is 100 Å². The fourth-order valence-electron chi connectivity index (χ4n) is 4.36. The highest BCUT2D eigenvalue weighted by molar-refractivity contribution is 6.30. The Morgan fingerprint density at radius 2 is 1.50 bits per heavy atom. The van der Waals surface area contributed by atoms with Gasteiger partial charge in [-0.05, 0) is 59.9 Å². The van der Waals surface area contributed by atoms with Crippen molar-refractivity contribution in [1.29, 1.82) is 0 Å². The number of fused-ring (bicyclic) bond motifs is 1. The van der Waals surface area contributed by atoms with E-state index in [0.29, 0.717) is 23.4 Å². The van der Waals surface area contributed by atoms with Gasteiger partial charge in [-0.25, -0.2) is 14.4 Å². The first-order chi connectivity index (χ1) is 17.6. The molecule has 0 aliphatic heterocycles. The Morgan fingerprint density at radius 3 is 2.28 bits per heavy atom. The van der Waals surface area contributed by atoms with Crippen LogP contribution in [0.4, 0.5) is 4.39 Å². The average molecular weight is 505 g/mol. The first-order valence-corrected chi connectivity index (χ1v) is 13.4. The third-order valence-electron chi connectivity index (χ3n) is 6.53. The van der Waals surface area contributed by atoms with E-state index in [2.05, 4.69) is 23.0 Å². The van der Waals surface area contributed by atoms with Gasteiger partial charge in [0.15, 0.2) is 5.75 Å². The Bertz CT molecular complexity index is 1240. The van der Waals surface area contributed by atoms with Crippen molar-refractivity contribution in [3.8, 4) is 5.75 Å². The zero-order valence-electron chi connectivity index (χ0n) is 21.0. The second kappa shape index (κ2) is 13.4. The fourth-order valence-corrected chi connectivity index (χ4v) is 4.49. The van der Waals surface area contributed by atoms with E-state index in [4.69, 9.17) is 16.3 Å². The van der Waals surface area contributed by atoms with Crippen LogP contribution in [0.15, 0.2) is 67.0 Å². The molecule has 1 aromatic heterocycles. The smallest absolute Gasteiger partial charge is 0.155 e. The molecule has 0 atom stereocenters. The predicted octanol–water partition coefficient (Wildman–Crippen LogP) is 8.34. The summed E-state index contributed by atoms with van der Waals surface area (Å²) in [6, 6.07) is 17.6. The zero-order valence-corrected chi connectivity index (χ0v) is 21.7. The van der Waals surface area contributed by atoms with Crippen LogP contribution in [0.2, 0.25) is 5.02 Å². The Balaban J connectivity index is 1.29. The van der Waals surface area contributed by atoms with Gasteiger partial charge in [0.05, 0.1) is 19.0 Å². The molecule has 4 aromatic rings. The minimum absolute atomic E-state index is 0.128. The molecule has 0 radical (unpaired) electrons. The first kappa shape index (κ1) is 26.1. The van der Waals surface area contributed by atoms with Crippen LogP contribution in [0.25, 0.3) is 10.8 Å². The van der Waals surface area contributed by atoms with E-state index in [1.165, 1.54) is 25.7 Å². The molecule has 3 aromatic carbocycles. The van der Waals surface area contributed by atoms with Crippen molar-refractivity contribution < 1.29 is 9.13 Å². The quantitative estimate of drug-likeness (QED) is 0.172. The van der Waals surface area contributed by atoms with Crippen LogP contribution in [0.5, 0.6) is 5.75 Å². The van der Waals surface area contributed by atoms with E-state index < -0.39 is 0 Å². The normalized spacial score (nSPS) is 11.2. The molecule has 36 heavy (non-hydrogen) atoms. The van der Waals surface area contributed by atoms with Crippen molar-refractivity contribution >= 4 is 22.4 Å². The number of aromatic nitrogens is 2. The van der Waals surface area contributed by atoms with Gasteiger partial charge in [0.1, 0.15) is 11.6 Å². The maximum atomic E-state index is 15.2. The summed E-state index contributed by atoms with van der Waals surface area (Å²) >= 11 is 5.96. The van der Waals surface area contributed by atoms with Crippen molar-refractivity contribution in [2.24, 2.45) is 0 Å². The van der Waals surface area contributed by atoms with Gasteiger partial charge in [-0.3, -0.25) is 0 Å². The number of hydrogen-bond acceptors (Lipinski definition) is 3. The number of aryl methyl sites for hydroxylation is 4. The first-order valence-electron chi connectivity index (χ1n) is 13.0. The molecule has 0 fully saturated rings. The number of nitrogens with zero attached hydrogens (tertiary/aromatic N) is 2. The molecule has 1 heterocycles. The number of hydrogen-bond donors (Lipinski definition) is 0. The van der Waals surface area contributed by atoms with E-state index in [0.717, 1.165) is 59.3 Å². The van der Waals surface area contributed by atoms with Gasteiger partial charge < -0.3 is 4.74 Å². The summed E-state index contributed by atoms with van der Waals surface area (Å²) in [5.41, 5.74) is 3.03. The van der Waals surface area contributed by atoms with Crippen LogP contribution in [0.1, 0.15) is 61.5 Å². The Hall–Kier alpha value is -2.98. The molecule has 0 aliphatic carbocycles. The van der Waals surface area contributed by atoms with Gasteiger partial charge in [-0.1, -0.05) is 86.7 Å². The van der Waals surface area contributed by atoms with Gasteiger partial charge in [-0.15, -0.1) is 0 Å². The van der Waals surface area contributed by atoms with E-state index in [1.807, 2.05) is 48.5 Å². The van der Waals surface area contributed by atoms with E-state index in [1.54, 1.807) is 12.4 Å². The molecule has 0 N–H and O–H groups in total. The number of ether oxygens (including phenoxy) is 1. The monoisotopic (exact) mass is 504 g/mol. The standard InChI is InChI=1S/C31H34ClFN2O/c1-2-3-4-5-6-19-36-28-21-34-30(35-22-28)18-11-24-10-17-29-26(20-24)14-13-25(31(29)33)12-7-23-8-15-27(32)16-9-23/h8-10,13-17,20-22H,2-7,11-12,18-19H2,1H3. The fraction of sp³-hybridized carbons (Fsp3) is 0.355. The highest BCUT2D eigenvalue weighted by atomic mass is 35.5. The lowest BCUT2D eigenvalue weighted by Gasteiger charge is -2.09. The third kappa shape index (κ3) is 7.51. The molecule has 0 aliphatic rings. The molecule has 188 valence electrons. The maximum absolute atomic E-state index is 15.2. The lowest BCUT2D eigenvalue weighted by atomic mass is 9.98. The molecule has 0 saturated carbocycles. The highest BCUT2D eigenvalue weighted by Gasteiger charge is 2.09. The van der Waals surface area contributed by atoms with Gasteiger partial charge >= 0.3 is 0 Å². The predicted molar refractivity (Wildman–Crippen MR) is 146 cm³/mol. The summed E-state index contributed by atoms with van der Waals surface area (Å²) in [5, 5.41) is 2.30. The number of unbranched alkanes of at least 4 members (excludes halogenated alkanes) is 4. The van der Waals surface area contributed by atoms with Crippen molar-refractivity contribution in [2.75, 3.05) is 6.61 Å². The molecule has 0 bridgehead atoms. The molecule has 4 rings (SSSR count). The van der Waals surface area contributed by atoms with Crippen LogP contribution in [-0.4, -0.2) is 16.6 Å². The highest BCUT2D eigenvalue weighted by Crippen LogP contribution is 2.24. The van der Waals surface area contributed by atoms with Gasteiger partial charge in [0, 0.05) is 16.8 Å². The van der Waals surface area contributed by atoms with Crippen LogP contribution >= 0.6 is 11.6 Å². The lowest BCUT2D eigenvalue weighted by molar-refractivity contribution is 0.302. The molecular weight excluding hydrogens is 471 g/mol. The van der Waals surface area contributed by atoms with E-state index in [-0.39, 0.29) is 5.82 Å². The van der Waals surface area contributed by atoms with Crippen LogP contribution in [-0.2, 0) is 25.7 Å². The van der Waals surface area contributed by atoms with Crippen LogP contribution < -0.4 is 4.74 Å². The van der Waals surface area contributed by atoms with Crippen LogP contribution in [0, 0.1) is 5.82 Å². The van der Waals surface area contributed by atoms with Crippen molar-refractivity contribution in [1.82, 2.24) is 9.97 Å². The molecule has 0 saturated heterocycles. The number of rotatable bonds is 13. The van der Waals surface area contributed by atoms with Crippen LogP contribution in [0.3, 0.4) is 0 Å². The molecule has 3 nitrogen and oxygen atoms in total.